The number of aromatic nitrogens is 4. The van der Waals surface area contributed by atoms with Crippen molar-refractivity contribution in [1.29, 1.82) is 0 Å². The van der Waals surface area contributed by atoms with E-state index in [4.69, 9.17) is 0 Å². The molecule has 0 atom stereocenters. The first kappa shape index (κ1) is 29.7. The number of carbonyl (C=O) groups is 1. The molecule has 11 heteroatoms. The first-order valence-corrected chi connectivity index (χ1v) is 13.3. The lowest BCUT2D eigenvalue weighted by molar-refractivity contribution is -0.138. The average Bonchev–Trinajstić information content (AvgIpc) is 3.39. The van der Waals surface area contributed by atoms with E-state index in [0.717, 1.165) is 30.4 Å². The van der Waals surface area contributed by atoms with Crippen LogP contribution in [0.5, 0.6) is 0 Å². The summed E-state index contributed by atoms with van der Waals surface area (Å²) in [5.41, 5.74) is 2.40. The maximum Gasteiger partial charge on any atom is 0.416 e. The highest BCUT2D eigenvalue weighted by molar-refractivity contribution is 6.04. The lowest BCUT2D eigenvalue weighted by atomic mass is 10.0. The smallest absolute Gasteiger partial charge is 0.322 e. The van der Waals surface area contributed by atoms with Crippen molar-refractivity contribution in [1.82, 2.24) is 29.2 Å². The van der Waals surface area contributed by atoms with Gasteiger partial charge < -0.3 is 10.2 Å². The Morgan fingerprint density at radius 2 is 1.76 bits per heavy atom. The van der Waals surface area contributed by atoms with Crippen molar-refractivity contribution in [3.8, 4) is 11.8 Å². The number of hydrogen-bond donors (Lipinski definition) is 1. The predicted octanol–water partition coefficient (Wildman–Crippen LogP) is 4.88. The van der Waals surface area contributed by atoms with Gasteiger partial charge >= 0.3 is 6.18 Å². The molecule has 4 aromatic rings. The van der Waals surface area contributed by atoms with Gasteiger partial charge in [0.1, 0.15) is 17.7 Å². The van der Waals surface area contributed by atoms with Crippen molar-refractivity contribution in [2.24, 2.45) is 0 Å². The highest BCUT2D eigenvalue weighted by atomic mass is 19.4. The van der Waals surface area contributed by atoms with Crippen LogP contribution in [0, 0.1) is 18.8 Å². The number of benzene rings is 1. The number of imidazole rings is 1. The minimum absolute atomic E-state index is 0.0551. The Hall–Kier alpha value is -4.27. The van der Waals surface area contributed by atoms with Crippen molar-refractivity contribution in [2.75, 3.05) is 38.5 Å². The molecule has 0 unspecified atom stereocenters. The molecule has 1 amide bonds. The van der Waals surface area contributed by atoms with Crippen LogP contribution in [0.1, 0.15) is 52.2 Å². The Kier molecular flexibility index (Phi) is 9.37. The first-order valence-electron chi connectivity index (χ1n) is 13.3. The van der Waals surface area contributed by atoms with Gasteiger partial charge in [0.2, 0.25) is 0 Å². The van der Waals surface area contributed by atoms with Crippen LogP contribution in [0.2, 0.25) is 0 Å². The van der Waals surface area contributed by atoms with Crippen LogP contribution < -0.4 is 5.32 Å². The van der Waals surface area contributed by atoms with E-state index in [-0.39, 0.29) is 23.4 Å². The highest BCUT2D eigenvalue weighted by Crippen LogP contribution is 2.34. The summed E-state index contributed by atoms with van der Waals surface area (Å²) < 4.78 is 43.5. The molecule has 0 bridgehead atoms. The minimum Gasteiger partial charge on any atom is -0.322 e. The molecule has 3 aromatic heterocycles. The van der Waals surface area contributed by atoms with Gasteiger partial charge in [-0.05, 0) is 43.7 Å². The van der Waals surface area contributed by atoms with E-state index in [1.54, 1.807) is 23.1 Å². The molecule has 1 fully saturated rings. The number of aryl methyl sites for hydroxylation is 1. The summed E-state index contributed by atoms with van der Waals surface area (Å²) in [6.07, 6.45) is 3.26. The average molecular weight is 564 g/mol. The topological polar surface area (TPSA) is 78.7 Å². The maximum absolute atomic E-state index is 13.9. The number of nitrogens with zero attached hydrogens (tertiary/aromatic N) is 6. The second-order valence-corrected chi connectivity index (χ2v) is 9.53. The molecule has 8 nitrogen and oxygen atoms in total. The molecule has 1 saturated heterocycles. The Morgan fingerprint density at radius 3 is 2.49 bits per heavy atom. The molecule has 1 aromatic carbocycles. The predicted molar refractivity (Wildman–Crippen MR) is 151 cm³/mol. The fourth-order valence-electron chi connectivity index (χ4n) is 4.41. The van der Waals surface area contributed by atoms with Crippen LogP contribution >= 0.6 is 0 Å². The molecular formula is C30H32F3N7O. The fraction of sp³-hybridized carbons (Fsp3) is 0.333. The summed E-state index contributed by atoms with van der Waals surface area (Å²) in [5.74, 6) is 5.38. The summed E-state index contributed by atoms with van der Waals surface area (Å²) in [6, 6.07) is 5.45. The minimum atomic E-state index is -4.55. The van der Waals surface area contributed by atoms with Crippen LogP contribution in [0.15, 0.2) is 55.4 Å². The maximum atomic E-state index is 13.9. The fourth-order valence-corrected chi connectivity index (χ4v) is 4.41. The molecule has 1 N–H and O–H groups in total. The number of nitrogens with one attached hydrogen (secondary N) is 1. The largest absolute Gasteiger partial charge is 0.416 e. The van der Waals surface area contributed by atoms with Crippen LogP contribution in [0.25, 0.3) is 5.65 Å². The van der Waals surface area contributed by atoms with Gasteiger partial charge in [-0.15, -0.1) is 0 Å². The monoisotopic (exact) mass is 563 g/mol. The number of pyridine rings is 1. The van der Waals surface area contributed by atoms with Crippen molar-refractivity contribution >= 4 is 17.2 Å². The van der Waals surface area contributed by atoms with Crippen LogP contribution in [-0.2, 0) is 12.7 Å². The van der Waals surface area contributed by atoms with Crippen molar-refractivity contribution in [3.05, 3.63) is 88.9 Å². The van der Waals surface area contributed by atoms with Gasteiger partial charge in [-0.25, -0.2) is 9.97 Å². The van der Waals surface area contributed by atoms with Gasteiger partial charge in [0.15, 0.2) is 0 Å². The molecule has 1 aliphatic heterocycles. The third kappa shape index (κ3) is 7.28. The standard InChI is InChI=1S/C28H26F3N7O.C2H6/c1-19-13-33-18-38-24(16-34-26(19)38)6-3-20-11-22(15-32-14-20)27(39)35-23-5-4-21(25(12-23)28(29,30)31)17-37-9-7-36(2)8-10-37;1-2/h4-5,11-16,18H,7-10,17H2,1-2H3,(H,35,39);1-2H3. The molecule has 214 valence electrons. The molecule has 0 spiro atoms. The van der Waals surface area contributed by atoms with Crippen LogP contribution in [-0.4, -0.2) is 68.3 Å². The van der Waals surface area contributed by atoms with E-state index < -0.39 is 17.6 Å². The van der Waals surface area contributed by atoms with E-state index >= 15 is 0 Å². The number of anilines is 1. The molecule has 0 radical (unpaired) electrons. The highest BCUT2D eigenvalue weighted by Gasteiger charge is 2.34. The molecule has 4 heterocycles. The lowest BCUT2D eigenvalue weighted by Crippen LogP contribution is -2.44. The van der Waals surface area contributed by atoms with Gasteiger partial charge in [-0.2, -0.15) is 13.2 Å². The number of rotatable bonds is 4. The second-order valence-electron chi connectivity index (χ2n) is 9.53. The van der Waals surface area contributed by atoms with E-state index in [9.17, 15) is 18.0 Å². The summed E-state index contributed by atoms with van der Waals surface area (Å²) in [4.78, 5) is 29.6. The quantitative estimate of drug-likeness (QED) is 0.357. The van der Waals surface area contributed by atoms with Gasteiger partial charge in [-0.1, -0.05) is 25.8 Å². The van der Waals surface area contributed by atoms with E-state index in [1.165, 1.54) is 30.6 Å². The summed E-state index contributed by atoms with van der Waals surface area (Å²) in [6.45, 7) is 9.12. The third-order valence-electron chi connectivity index (χ3n) is 6.60. The number of halogens is 3. The van der Waals surface area contributed by atoms with Crippen LogP contribution in [0.4, 0.5) is 18.9 Å². The lowest BCUT2D eigenvalue weighted by Gasteiger charge is -2.33. The third-order valence-corrected chi connectivity index (χ3v) is 6.60. The van der Waals surface area contributed by atoms with Crippen molar-refractivity contribution in [2.45, 2.75) is 33.5 Å². The number of piperazine rings is 1. The number of carbonyl (C=O) groups excluding carboxylic acids is 1. The van der Waals surface area contributed by atoms with Crippen molar-refractivity contribution < 1.29 is 18.0 Å². The Labute approximate surface area is 237 Å². The zero-order valence-corrected chi connectivity index (χ0v) is 23.5. The number of amides is 1. The zero-order chi connectivity index (χ0) is 29.6. The molecule has 0 saturated carbocycles. The summed E-state index contributed by atoms with van der Waals surface area (Å²) in [7, 11) is 1.99. The summed E-state index contributed by atoms with van der Waals surface area (Å²) >= 11 is 0. The second kappa shape index (κ2) is 12.9. The molecule has 5 rings (SSSR count). The Balaban J connectivity index is 0.00000189. The number of hydrogen-bond acceptors (Lipinski definition) is 6. The van der Waals surface area contributed by atoms with E-state index in [0.29, 0.717) is 24.3 Å². The molecule has 41 heavy (non-hydrogen) atoms. The number of alkyl halides is 3. The SMILES string of the molecule is CC.Cc1cncn2c(C#Cc3cncc(C(=O)Nc4ccc(CN5CCN(C)CC5)c(C(F)(F)F)c4)c3)cnc12. The van der Waals surface area contributed by atoms with E-state index in [1.807, 2.05) is 32.7 Å². The van der Waals surface area contributed by atoms with Gasteiger partial charge in [0, 0.05) is 68.1 Å². The Bertz CT molecular complexity index is 1580. The van der Waals surface area contributed by atoms with Crippen molar-refractivity contribution in [3.63, 3.8) is 0 Å². The van der Waals surface area contributed by atoms with Gasteiger partial charge in [-0.3, -0.25) is 19.1 Å². The van der Waals surface area contributed by atoms with Crippen LogP contribution in [0.3, 0.4) is 0 Å². The van der Waals surface area contributed by atoms with Gasteiger partial charge in [0.05, 0.1) is 17.3 Å². The van der Waals surface area contributed by atoms with Gasteiger partial charge in [0.25, 0.3) is 5.91 Å². The number of likely N-dealkylation sites (N-methyl/N-ethyl adjacent to an activating group) is 1. The number of fused-ring (bicyclic) bond motifs is 1. The first-order chi connectivity index (χ1) is 19.7. The Morgan fingerprint density at radius 1 is 1.00 bits per heavy atom. The van der Waals surface area contributed by atoms with E-state index in [2.05, 4.69) is 37.0 Å². The molecular weight excluding hydrogens is 531 g/mol. The molecule has 1 aliphatic rings. The normalized spacial score (nSPS) is 14.1. The molecule has 0 aliphatic carbocycles. The summed E-state index contributed by atoms with van der Waals surface area (Å²) in [5, 5.41) is 2.56. The zero-order valence-electron chi connectivity index (χ0n) is 23.5.